The van der Waals surface area contributed by atoms with Crippen molar-refractivity contribution in [3.8, 4) is 5.75 Å². The lowest BCUT2D eigenvalue weighted by molar-refractivity contribution is -0.135. The Bertz CT molecular complexity index is 343. The first kappa shape index (κ1) is 13.0. The molecular weight excluding hydrogens is 196 g/mol. The molecule has 2 amide bonds. The SMILES string of the molecule is Cc1cccc(O)c1C.NC(=O)C(N)=O. The number of phenolic OH excluding ortho intramolecular Hbond substituents is 1. The lowest BCUT2D eigenvalue weighted by Gasteiger charge is -1.99. The van der Waals surface area contributed by atoms with Crippen molar-refractivity contribution in [1.29, 1.82) is 0 Å². The summed E-state index contributed by atoms with van der Waals surface area (Å²) < 4.78 is 0. The summed E-state index contributed by atoms with van der Waals surface area (Å²) in [7, 11) is 0. The lowest BCUT2D eigenvalue weighted by Crippen LogP contribution is -2.29. The third-order valence-electron chi connectivity index (χ3n) is 1.82. The first-order chi connectivity index (χ1) is 6.86. The summed E-state index contributed by atoms with van der Waals surface area (Å²) >= 11 is 0. The van der Waals surface area contributed by atoms with Gasteiger partial charge in [-0.2, -0.15) is 0 Å². The summed E-state index contributed by atoms with van der Waals surface area (Å²) in [5.41, 5.74) is 10.7. The quantitative estimate of drug-likeness (QED) is 0.523. The van der Waals surface area contributed by atoms with Crippen molar-refractivity contribution in [3.63, 3.8) is 0 Å². The molecule has 0 radical (unpaired) electrons. The van der Waals surface area contributed by atoms with Gasteiger partial charge in [0.05, 0.1) is 0 Å². The number of carbonyl (C=O) groups is 2. The van der Waals surface area contributed by atoms with Crippen LogP contribution in [0.25, 0.3) is 0 Å². The normalized spacial score (nSPS) is 8.67. The molecule has 0 aliphatic rings. The second kappa shape index (κ2) is 5.64. The van der Waals surface area contributed by atoms with E-state index in [1.165, 1.54) is 0 Å². The molecule has 5 nitrogen and oxygen atoms in total. The maximum Gasteiger partial charge on any atom is 0.306 e. The van der Waals surface area contributed by atoms with Gasteiger partial charge in [-0.05, 0) is 31.0 Å². The molecule has 0 fully saturated rings. The predicted octanol–water partition coefficient (Wildman–Crippen LogP) is -0.0340. The van der Waals surface area contributed by atoms with Gasteiger partial charge in [0.2, 0.25) is 0 Å². The Hall–Kier alpha value is -2.04. The van der Waals surface area contributed by atoms with Crippen LogP contribution in [0.2, 0.25) is 0 Å². The van der Waals surface area contributed by atoms with Crippen molar-refractivity contribution in [3.05, 3.63) is 29.3 Å². The number of nitrogens with two attached hydrogens (primary N) is 2. The highest BCUT2D eigenvalue weighted by molar-refractivity contribution is 6.33. The van der Waals surface area contributed by atoms with Crippen LogP contribution in [0.3, 0.4) is 0 Å². The standard InChI is InChI=1S/C8H10O.C2H4N2O2/c1-6-4-3-5-8(9)7(6)2;3-1(5)2(4)6/h3-5,9H,1-2H3;(H2,3,5)(H2,4,6). The highest BCUT2D eigenvalue weighted by Gasteiger charge is 1.96. The maximum absolute atomic E-state index is 9.45. The molecule has 0 unspecified atom stereocenters. The monoisotopic (exact) mass is 210 g/mol. The van der Waals surface area contributed by atoms with Gasteiger partial charge < -0.3 is 16.6 Å². The van der Waals surface area contributed by atoms with Crippen LogP contribution in [0.1, 0.15) is 11.1 Å². The molecule has 0 aliphatic heterocycles. The number of primary amides is 2. The van der Waals surface area contributed by atoms with Crippen molar-refractivity contribution in [2.45, 2.75) is 13.8 Å². The van der Waals surface area contributed by atoms with Gasteiger partial charge in [0.15, 0.2) is 0 Å². The van der Waals surface area contributed by atoms with Crippen LogP contribution in [0, 0.1) is 13.8 Å². The van der Waals surface area contributed by atoms with E-state index in [-0.39, 0.29) is 0 Å². The summed E-state index contributed by atoms with van der Waals surface area (Å²) in [5.74, 6) is -1.82. The average Bonchev–Trinajstić information content (AvgIpc) is 2.15. The van der Waals surface area contributed by atoms with E-state index in [0.717, 1.165) is 11.1 Å². The Morgan fingerprint density at radius 2 is 1.60 bits per heavy atom. The summed E-state index contributed by atoms with van der Waals surface area (Å²) in [6.07, 6.45) is 0. The molecule has 0 aromatic heterocycles. The van der Waals surface area contributed by atoms with Crippen molar-refractivity contribution in [2.75, 3.05) is 0 Å². The fourth-order valence-corrected chi connectivity index (χ4v) is 0.736. The minimum atomic E-state index is -1.10. The van der Waals surface area contributed by atoms with Crippen molar-refractivity contribution < 1.29 is 14.7 Å². The number of hydrogen-bond donors (Lipinski definition) is 3. The first-order valence-electron chi connectivity index (χ1n) is 4.20. The molecule has 0 bridgehead atoms. The predicted molar refractivity (Wildman–Crippen MR) is 56.0 cm³/mol. The van der Waals surface area contributed by atoms with Gasteiger partial charge in [-0.1, -0.05) is 12.1 Å². The molecule has 0 spiro atoms. The first-order valence-corrected chi connectivity index (χ1v) is 4.20. The van der Waals surface area contributed by atoms with E-state index >= 15 is 0 Å². The number of aromatic hydroxyl groups is 1. The van der Waals surface area contributed by atoms with E-state index < -0.39 is 11.8 Å². The summed E-state index contributed by atoms with van der Waals surface area (Å²) in [5, 5.41) is 9.10. The molecule has 0 atom stereocenters. The molecule has 1 aromatic rings. The smallest absolute Gasteiger partial charge is 0.306 e. The van der Waals surface area contributed by atoms with Crippen LogP contribution in [0.15, 0.2) is 18.2 Å². The van der Waals surface area contributed by atoms with Crippen LogP contribution in [0.4, 0.5) is 0 Å². The highest BCUT2D eigenvalue weighted by atomic mass is 16.3. The summed E-state index contributed by atoms with van der Waals surface area (Å²) in [6, 6.07) is 5.52. The van der Waals surface area contributed by atoms with Crippen LogP contribution in [-0.4, -0.2) is 16.9 Å². The van der Waals surface area contributed by atoms with Crippen molar-refractivity contribution >= 4 is 11.8 Å². The number of carbonyl (C=O) groups excluding carboxylic acids is 2. The molecule has 5 heteroatoms. The molecule has 5 N–H and O–H groups in total. The van der Waals surface area contributed by atoms with Crippen molar-refractivity contribution in [2.24, 2.45) is 11.5 Å². The fraction of sp³-hybridized carbons (Fsp3) is 0.200. The molecule has 82 valence electrons. The highest BCUT2D eigenvalue weighted by Crippen LogP contribution is 2.17. The average molecular weight is 210 g/mol. The molecule has 0 aliphatic carbocycles. The van der Waals surface area contributed by atoms with Crippen LogP contribution >= 0.6 is 0 Å². The third-order valence-corrected chi connectivity index (χ3v) is 1.82. The molecule has 15 heavy (non-hydrogen) atoms. The van der Waals surface area contributed by atoms with Crippen LogP contribution in [-0.2, 0) is 9.59 Å². The van der Waals surface area contributed by atoms with Gasteiger partial charge in [-0.3, -0.25) is 9.59 Å². The molecule has 1 aromatic carbocycles. The Morgan fingerprint density at radius 3 is 1.87 bits per heavy atom. The third kappa shape index (κ3) is 4.66. The van der Waals surface area contributed by atoms with Gasteiger partial charge >= 0.3 is 11.8 Å². The largest absolute Gasteiger partial charge is 0.508 e. The number of phenols is 1. The van der Waals surface area contributed by atoms with E-state index in [1.807, 2.05) is 26.0 Å². The number of amides is 2. The van der Waals surface area contributed by atoms with E-state index in [1.54, 1.807) is 6.07 Å². The molecule has 0 saturated carbocycles. The second-order valence-electron chi connectivity index (χ2n) is 2.95. The van der Waals surface area contributed by atoms with Gasteiger partial charge in [-0.15, -0.1) is 0 Å². The van der Waals surface area contributed by atoms with E-state index in [2.05, 4.69) is 11.5 Å². The Balaban J connectivity index is 0.000000288. The number of aryl methyl sites for hydroxylation is 1. The molecular formula is C10H14N2O3. The fourth-order valence-electron chi connectivity index (χ4n) is 0.736. The van der Waals surface area contributed by atoms with Gasteiger partial charge in [-0.25, -0.2) is 0 Å². The Morgan fingerprint density at radius 1 is 1.13 bits per heavy atom. The zero-order valence-electron chi connectivity index (χ0n) is 8.65. The zero-order chi connectivity index (χ0) is 12.0. The number of benzene rings is 1. The molecule has 0 heterocycles. The lowest BCUT2D eigenvalue weighted by atomic mass is 10.1. The minimum absolute atomic E-state index is 0.384. The van der Waals surface area contributed by atoms with Gasteiger partial charge in [0, 0.05) is 0 Å². The molecule has 1 rings (SSSR count). The second-order valence-corrected chi connectivity index (χ2v) is 2.95. The van der Waals surface area contributed by atoms with Crippen molar-refractivity contribution in [1.82, 2.24) is 0 Å². The van der Waals surface area contributed by atoms with Crippen LogP contribution < -0.4 is 11.5 Å². The van der Waals surface area contributed by atoms with E-state index in [0.29, 0.717) is 5.75 Å². The van der Waals surface area contributed by atoms with Gasteiger partial charge in [0.1, 0.15) is 5.75 Å². The Kier molecular flexibility index (Phi) is 4.87. The number of rotatable bonds is 0. The maximum atomic E-state index is 9.45. The topological polar surface area (TPSA) is 106 Å². The number of hydrogen-bond acceptors (Lipinski definition) is 3. The summed E-state index contributed by atoms with van der Waals surface area (Å²) in [4.78, 5) is 18.9. The van der Waals surface area contributed by atoms with E-state index in [9.17, 15) is 9.59 Å². The van der Waals surface area contributed by atoms with E-state index in [4.69, 9.17) is 5.11 Å². The summed E-state index contributed by atoms with van der Waals surface area (Å²) in [6.45, 7) is 3.89. The minimum Gasteiger partial charge on any atom is -0.508 e. The van der Waals surface area contributed by atoms with Crippen LogP contribution in [0.5, 0.6) is 5.75 Å². The Labute approximate surface area is 87.7 Å². The van der Waals surface area contributed by atoms with Gasteiger partial charge in [0.25, 0.3) is 0 Å². The zero-order valence-corrected chi connectivity index (χ0v) is 8.65. The molecule has 0 saturated heterocycles.